The van der Waals surface area contributed by atoms with Gasteiger partial charge >= 0.3 is 0 Å². The molecule has 0 saturated heterocycles. The molecule has 2 unspecified atom stereocenters. The number of hydrogen-bond acceptors (Lipinski definition) is 4. The molecule has 114 valence electrons. The molecule has 0 bridgehead atoms. The zero-order chi connectivity index (χ0) is 14.8. The van der Waals surface area contributed by atoms with E-state index in [-0.39, 0.29) is 6.04 Å². The van der Waals surface area contributed by atoms with Gasteiger partial charge in [-0.1, -0.05) is 13.3 Å². The van der Waals surface area contributed by atoms with E-state index in [1.165, 1.54) is 0 Å². The van der Waals surface area contributed by atoms with E-state index in [1.54, 1.807) is 16.8 Å². The molecule has 2 rings (SSSR count). The average molecular weight is 317 g/mol. The molecule has 1 fully saturated rings. The van der Waals surface area contributed by atoms with E-state index in [0.717, 1.165) is 30.7 Å². The van der Waals surface area contributed by atoms with Gasteiger partial charge in [0.25, 0.3) is 0 Å². The van der Waals surface area contributed by atoms with Crippen molar-refractivity contribution in [2.24, 2.45) is 12.8 Å². The van der Waals surface area contributed by atoms with Crippen molar-refractivity contribution in [2.45, 2.75) is 48.9 Å². The molecule has 1 aromatic rings. The summed E-state index contributed by atoms with van der Waals surface area (Å²) in [5.74, 6) is 1.02. The van der Waals surface area contributed by atoms with E-state index in [1.807, 2.05) is 18.8 Å². The van der Waals surface area contributed by atoms with Crippen LogP contribution >= 0.6 is 11.8 Å². The molecule has 0 amide bonds. The molecule has 0 aromatic carbocycles. The van der Waals surface area contributed by atoms with Gasteiger partial charge in [0.1, 0.15) is 0 Å². The fourth-order valence-corrected chi connectivity index (χ4v) is 5.36. The van der Waals surface area contributed by atoms with Crippen LogP contribution in [0.25, 0.3) is 0 Å². The Morgan fingerprint density at radius 2 is 2.25 bits per heavy atom. The van der Waals surface area contributed by atoms with E-state index in [4.69, 9.17) is 5.73 Å². The summed E-state index contributed by atoms with van der Waals surface area (Å²) < 4.78 is 29.5. The summed E-state index contributed by atoms with van der Waals surface area (Å²) >= 11 is 1.84. The Hall–Kier alpha value is -0.500. The van der Waals surface area contributed by atoms with Crippen LogP contribution in [-0.4, -0.2) is 30.0 Å². The van der Waals surface area contributed by atoms with E-state index >= 15 is 0 Å². The molecule has 0 radical (unpaired) electrons. The Bertz CT molecular complexity index is 554. The van der Waals surface area contributed by atoms with Gasteiger partial charge in [-0.25, -0.2) is 13.1 Å². The number of nitrogens with zero attached hydrogens (tertiary/aromatic N) is 1. The first-order valence-corrected chi connectivity index (χ1v) is 9.50. The van der Waals surface area contributed by atoms with Crippen LogP contribution in [-0.2, 0) is 23.6 Å². The van der Waals surface area contributed by atoms with Crippen LogP contribution in [0.2, 0.25) is 0 Å². The predicted molar refractivity (Wildman–Crippen MR) is 83.2 cm³/mol. The summed E-state index contributed by atoms with van der Waals surface area (Å²) in [6, 6.07) is 1.70. The minimum atomic E-state index is -3.45. The van der Waals surface area contributed by atoms with E-state index in [9.17, 15) is 8.42 Å². The van der Waals surface area contributed by atoms with Crippen molar-refractivity contribution >= 4 is 21.8 Å². The smallest absolute Gasteiger partial charge is 0.242 e. The Kier molecular flexibility index (Phi) is 5.17. The highest BCUT2D eigenvalue weighted by Crippen LogP contribution is 2.31. The lowest BCUT2D eigenvalue weighted by atomic mass is 10.3. The van der Waals surface area contributed by atoms with Gasteiger partial charge in [-0.05, 0) is 24.7 Å². The lowest BCUT2D eigenvalue weighted by Crippen LogP contribution is -2.38. The van der Waals surface area contributed by atoms with Crippen molar-refractivity contribution in [3.8, 4) is 0 Å². The number of nitrogens with one attached hydrogen (secondary N) is 1. The minimum absolute atomic E-state index is 0.0477. The minimum Gasteiger partial charge on any atom is -0.352 e. The van der Waals surface area contributed by atoms with Crippen LogP contribution in [0.1, 0.15) is 31.9 Å². The van der Waals surface area contributed by atoms with Crippen LogP contribution in [0.3, 0.4) is 0 Å². The molecule has 1 aliphatic carbocycles. The van der Waals surface area contributed by atoms with E-state index in [2.05, 4.69) is 11.6 Å². The molecular weight excluding hydrogens is 294 g/mol. The third-order valence-electron chi connectivity index (χ3n) is 3.74. The zero-order valence-electron chi connectivity index (χ0n) is 12.0. The lowest BCUT2D eigenvalue weighted by molar-refractivity contribution is 0.555. The van der Waals surface area contributed by atoms with E-state index < -0.39 is 10.0 Å². The second-order valence-corrected chi connectivity index (χ2v) is 8.36. The summed E-state index contributed by atoms with van der Waals surface area (Å²) in [7, 11) is -1.63. The largest absolute Gasteiger partial charge is 0.352 e. The van der Waals surface area contributed by atoms with Gasteiger partial charge in [-0.2, -0.15) is 11.8 Å². The monoisotopic (exact) mass is 317 g/mol. The van der Waals surface area contributed by atoms with Crippen molar-refractivity contribution in [3.63, 3.8) is 0 Å². The second kappa shape index (κ2) is 6.51. The van der Waals surface area contributed by atoms with Crippen molar-refractivity contribution in [2.75, 3.05) is 5.75 Å². The molecule has 0 spiro atoms. The topological polar surface area (TPSA) is 77.1 Å². The highest BCUT2D eigenvalue weighted by molar-refractivity contribution is 8.00. The van der Waals surface area contributed by atoms with Crippen molar-refractivity contribution < 1.29 is 8.42 Å². The third kappa shape index (κ3) is 3.39. The van der Waals surface area contributed by atoms with E-state index in [0.29, 0.717) is 16.7 Å². The van der Waals surface area contributed by atoms with Gasteiger partial charge in [0.15, 0.2) is 0 Å². The summed E-state index contributed by atoms with van der Waals surface area (Å²) in [4.78, 5) is 0.313. The number of hydrogen-bond donors (Lipinski definition) is 2. The molecule has 1 aliphatic rings. The Morgan fingerprint density at radius 3 is 2.85 bits per heavy atom. The standard InChI is InChI=1S/C13H23N3O2S2/c1-3-19-13-6-4-5-12(13)15-20(17,18)11-7-10(8-14)16(2)9-11/h7,9,12-13,15H,3-6,8,14H2,1-2H3. The SMILES string of the molecule is CCSC1CCCC1NS(=O)(=O)c1cc(CN)n(C)c1. The van der Waals surface area contributed by atoms with Crippen LogP contribution in [0.5, 0.6) is 0 Å². The molecule has 1 heterocycles. The van der Waals surface area contributed by atoms with Gasteiger partial charge in [0.2, 0.25) is 10.0 Å². The molecule has 7 heteroatoms. The van der Waals surface area contributed by atoms with Gasteiger partial charge < -0.3 is 10.3 Å². The molecular formula is C13H23N3O2S2. The first-order valence-electron chi connectivity index (χ1n) is 6.97. The molecule has 1 saturated carbocycles. The summed E-state index contributed by atoms with van der Waals surface area (Å²) in [6.45, 7) is 2.45. The maximum Gasteiger partial charge on any atom is 0.242 e. The highest BCUT2D eigenvalue weighted by Gasteiger charge is 2.31. The summed E-state index contributed by atoms with van der Waals surface area (Å²) in [5, 5.41) is 0.396. The van der Waals surface area contributed by atoms with Gasteiger partial charge in [-0.15, -0.1) is 0 Å². The molecule has 5 nitrogen and oxygen atoms in total. The van der Waals surface area contributed by atoms with Crippen LogP contribution < -0.4 is 10.5 Å². The highest BCUT2D eigenvalue weighted by atomic mass is 32.2. The number of aromatic nitrogens is 1. The van der Waals surface area contributed by atoms with Crippen LogP contribution in [0.15, 0.2) is 17.2 Å². The molecule has 1 aromatic heterocycles. The fraction of sp³-hybridized carbons (Fsp3) is 0.692. The van der Waals surface area contributed by atoms with Gasteiger partial charge in [-0.3, -0.25) is 0 Å². The number of nitrogens with two attached hydrogens (primary N) is 1. The summed E-state index contributed by atoms with van der Waals surface area (Å²) in [5.41, 5.74) is 6.41. The average Bonchev–Trinajstić information content (AvgIpc) is 2.97. The zero-order valence-corrected chi connectivity index (χ0v) is 13.6. The van der Waals surface area contributed by atoms with Gasteiger partial charge in [0, 0.05) is 36.8 Å². The third-order valence-corrected chi connectivity index (χ3v) is 6.52. The first-order chi connectivity index (χ1) is 9.47. The fourth-order valence-electron chi connectivity index (χ4n) is 2.67. The van der Waals surface area contributed by atoms with Crippen LogP contribution in [0.4, 0.5) is 0 Å². The lowest BCUT2D eigenvalue weighted by Gasteiger charge is -2.19. The number of thioether (sulfide) groups is 1. The molecule has 0 aliphatic heterocycles. The Balaban J connectivity index is 2.14. The van der Waals surface area contributed by atoms with Crippen molar-refractivity contribution in [3.05, 3.63) is 18.0 Å². The number of rotatable bonds is 6. The molecule has 3 N–H and O–H groups in total. The van der Waals surface area contributed by atoms with Gasteiger partial charge in [0.05, 0.1) is 4.90 Å². The Labute approximate surface area is 125 Å². The Morgan fingerprint density at radius 1 is 1.50 bits per heavy atom. The molecule has 2 atom stereocenters. The van der Waals surface area contributed by atoms with Crippen molar-refractivity contribution in [1.82, 2.24) is 9.29 Å². The maximum atomic E-state index is 12.4. The molecule has 20 heavy (non-hydrogen) atoms. The first kappa shape index (κ1) is 15.9. The second-order valence-electron chi connectivity index (χ2n) is 5.13. The summed E-state index contributed by atoms with van der Waals surface area (Å²) in [6.07, 6.45) is 4.73. The quantitative estimate of drug-likeness (QED) is 0.832. The normalized spacial score (nSPS) is 23.4. The number of aryl methyl sites for hydroxylation is 1. The van der Waals surface area contributed by atoms with Crippen LogP contribution in [0, 0.1) is 0 Å². The number of sulfonamides is 1. The van der Waals surface area contributed by atoms with Crippen molar-refractivity contribution in [1.29, 1.82) is 0 Å². The maximum absolute atomic E-state index is 12.4. The predicted octanol–water partition coefficient (Wildman–Crippen LogP) is 1.44.